The molecular weight excluding hydrogens is 437 g/mol. The molecular formula is C26H52NO3PS. The molecule has 2 atom stereocenters. The Kier molecular flexibility index (Phi) is 20.3. The highest BCUT2D eigenvalue weighted by atomic mass is 32.4. The lowest BCUT2D eigenvalue weighted by Gasteiger charge is -2.16. The van der Waals surface area contributed by atoms with Crippen molar-refractivity contribution < 1.29 is 14.2 Å². The second-order valence-corrected chi connectivity index (χ2v) is 11.6. The van der Waals surface area contributed by atoms with Gasteiger partial charge in [0.15, 0.2) is 7.15 Å². The van der Waals surface area contributed by atoms with Gasteiger partial charge in [0, 0.05) is 19.5 Å². The van der Waals surface area contributed by atoms with Crippen LogP contribution in [-0.2, 0) is 21.1 Å². The summed E-state index contributed by atoms with van der Waals surface area (Å²) in [4.78, 5) is 23.3. The average Bonchev–Trinajstić information content (AvgIpc) is 3.23. The summed E-state index contributed by atoms with van der Waals surface area (Å²) < 4.78 is 5.31. The van der Waals surface area contributed by atoms with Crippen molar-refractivity contribution in [2.24, 2.45) is 0 Å². The predicted molar refractivity (Wildman–Crippen MR) is 142 cm³/mol. The zero-order valence-electron chi connectivity index (χ0n) is 21.0. The summed E-state index contributed by atoms with van der Waals surface area (Å²) in [5.74, 6) is 0.235. The fourth-order valence-electron chi connectivity index (χ4n) is 4.71. The SMILES string of the molecule is CCCCCCCCCCCCCCCCCCCCCC(=O)N1CC[C@H](O[PH](O)=S)C1. The maximum atomic E-state index is 12.2. The molecule has 1 rings (SSSR count). The van der Waals surface area contributed by atoms with Crippen LogP contribution in [0.1, 0.15) is 142 Å². The van der Waals surface area contributed by atoms with E-state index in [1.165, 1.54) is 109 Å². The highest BCUT2D eigenvalue weighted by Crippen LogP contribution is 2.25. The van der Waals surface area contributed by atoms with Crippen LogP contribution in [0.3, 0.4) is 0 Å². The molecule has 0 aromatic carbocycles. The largest absolute Gasteiger partial charge is 0.347 e. The van der Waals surface area contributed by atoms with E-state index < -0.39 is 7.15 Å². The average molecular weight is 490 g/mol. The Morgan fingerprint density at radius 1 is 0.812 bits per heavy atom. The Morgan fingerprint density at radius 3 is 1.62 bits per heavy atom. The quantitative estimate of drug-likeness (QED) is 0.124. The summed E-state index contributed by atoms with van der Waals surface area (Å²) in [5.41, 5.74) is 0. The van der Waals surface area contributed by atoms with Crippen LogP contribution in [0.5, 0.6) is 0 Å². The van der Waals surface area contributed by atoms with Gasteiger partial charge in [0.25, 0.3) is 0 Å². The highest BCUT2D eigenvalue weighted by molar-refractivity contribution is 8.00. The van der Waals surface area contributed by atoms with Crippen LogP contribution in [0.2, 0.25) is 0 Å². The van der Waals surface area contributed by atoms with Crippen molar-refractivity contribution in [3.05, 3.63) is 0 Å². The van der Waals surface area contributed by atoms with E-state index in [1.54, 1.807) is 0 Å². The van der Waals surface area contributed by atoms with E-state index >= 15 is 0 Å². The molecule has 1 fully saturated rings. The van der Waals surface area contributed by atoms with Gasteiger partial charge in [0.05, 0.1) is 6.10 Å². The Balaban J connectivity index is 1.76. The summed E-state index contributed by atoms with van der Waals surface area (Å²) in [6.07, 6.45) is 27.4. The molecule has 0 bridgehead atoms. The van der Waals surface area contributed by atoms with Crippen LogP contribution >= 0.6 is 7.15 Å². The van der Waals surface area contributed by atoms with Crippen LogP contribution in [0.25, 0.3) is 0 Å². The van der Waals surface area contributed by atoms with Gasteiger partial charge in [0.2, 0.25) is 5.91 Å². The van der Waals surface area contributed by atoms with E-state index in [-0.39, 0.29) is 12.0 Å². The van der Waals surface area contributed by atoms with Gasteiger partial charge in [0.1, 0.15) is 0 Å². The van der Waals surface area contributed by atoms with Gasteiger partial charge >= 0.3 is 0 Å². The first-order valence-corrected chi connectivity index (χ1v) is 16.3. The minimum Gasteiger partial charge on any atom is -0.347 e. The zero-order valence-corrected chi connectivity index (χ0v) is 22.8. The second kappa shape index (κ2) is 21.6. The van der Waals surface area contributed by atoms with E-state index in [9.17, 15) is 9.69 Å². The fraction of sp³-hybridized carbons (Fsp3) is 0.962. The third-order valence-electron chi connectivity index (χ3n) is 6.76. The molecule has 32 heavy (non-hydrogen) atoms. The van der Waals surface area contributed by atoms with Gasteiger partial charge in [-0.05, 0) is 24.6 Å². The van der Waals surface area contributed by atoms with Crippen LogP contribution < -0.4 is 0 Å². The molecule has 1 heterocycles. The molecule has 1 aliphatic heterocycles. The first kappa shape index (κ1) is 30.1. The van der Waals surface area contributed by atoms with Gasteiger partial charge < -0.3 is 14.3 Å². The van der Waals surface area contributed by atoms with E-state index in [1.807, 2.05) is 4.90 Å². The lowest BCUT2D eigenvalue weighted by atomic mass is 10.0. The number of unbranched alkanes of at least 4 members (excludes halogenated alkanes) is 18. The molecule has 1 saturated heterocycles. The van der Waals surface area contributed by atoms with Crippen molar-refractivity contribution >= 4 is 24.9 Å². The van der Waals surface area contributed by atoms with Crippen molar-refractivity contribution in [3.63, 3.8) is 0 Å². The number of carbonyl (C=O) groups is 1. The molecule has 0 saturated carbocycles. The topological polar surface area (TPSA) is 49.8 Å². The first-order valence-electron chi connectivity index (χ1n) is 13.8. The summed E-state index contributed by atoms with van der Waals surface area (Å²) in [5, 5.41) is 0. The Bertz CT molecular complexity index is 478. The van der Waals surface area contributed by atoms with E-state index in [2.05, 4.69) is 6.92 Å². The normalized spacial score (nSPS) is 17.2. The number of carbonyl (C=O) groups excluding carboxylic acids is 1. The molecule has 0 aromatic heterocycles. The Labute approximate surface area is 204 Å². The first-order chi connectivity index (χ1) is 15.6. The molecule has 4 nitrogen and oxygen atoms in total. The zero-order chi connectivity index (χ0) is 23.3. The predicted octanol–water partition coefficient (Wildman–Crippen LogP) is 7.92. The van der Waals surface area contributed by atoms with Gasteiger partial charge in [-0.1, -0.05) is 122 Å². The number of likely N-dealkylation sites (tertiary alicyclic amines) is 1. The van der Waals surface area contributed by atoms with Crippen LogP contribution in [0.15, 0.2) is 0 Å². The highest BCUT2D eigenvalue weighted by Gasteiger charge is 2.26. The number of amides is 1. The Morgan fingerprint density at radius 2 is 1.22 bits per heavy atom. The van der Waals surface area contributed by atoms with Crippen molar-refractivity contribution in [2.75, 3.05) is 13.1 Å². The minimum absolute atomic E-state index is 0.0551. The lowest BCUT2D eigenvalue weighted by molar-refractivity contribution is -0.130. The molecule has 1 unspecified atom stereocenters. The summed E-state index contributed by atoms with van der Waals surface area (Å²) >= 11 is 4.74. The fourth-order valence-corrected chi connectivity index (χ4v) is 5.59. The van der Waals surface area contributed by atoms with E-state index in [0.717, 1.165) is 25.8 Å². The molecule has 1 aliphatic rings. The van der Waals surface area contributed by atoms with Crippen molar-refractivity contribution in [3.8, 4) is 0 Å². The molecule has 0 radical (unpaired) electrons. The molecule has 6 heteroatoms. The molecule has 0 spiro atoms. The maximum Gasteiger partial charge on any atom is 0.222 e. The number of hydrogen-bond acceptors (Lipinski definition) is 3. The van der Waals surface area contributed by atoms with Gasteiger partial charge in [-0.25, -0.2) is 0 Å². The summed E-state index contributed by atoms with van der Waals surface area (Å²) in [6, 6.07) is 0. The molecule has 0 aliphatic carbocycles. The van der Waals surface area contributed by atoms with Crippen molar-refractivity contribution in [2.45, 2.75) is 148 Å². The van der Waals surface area contributed by atoms with Gasteiger partial charge in [-0.15, -0.1) is 0 Å². The maximum absolute atomic E-state index is 12.2. The van der Waals surface area contributed by atoms with Crippen LogP contribution in [0, 0.1) is 0 Å². The molecule has 0 aromatic rings. The third-order valence-corrected chi connectivity index (χ3v) is 7.58. The second-order valence-electron chi connectivity index (χ2n) is 9.75. The number of nitrogens with zero attached hydrogens (tertiary/aromatic N) is 1. The van der Waals surface area contributed by atoms with Crippen LogP contribution in [-0.4, -0.2) is 34.9 Å². The lowest BCUT2D eigenvalue weighted by Crippen LogP contribution is -2.29. The standard InChI is InChI=1S/C26H52NO3PS/c1-2-3-4-5-6-7-8-9-10-11-12-13-14-15-16-17-18-19-20-21-26(28)27-23-22-25(24-27)30-31(29)32/h25,31H,2-24H2,1H3,(H,29,32)/t25-/m0/s1. The van der Waals surface area contributed by atoms with Gasteiger partial charge in [-0.3, -0.25) is 4.79 Å². The molecule has 190 valence electrons. The minimum atomic E-state index is -2.07. The smallest absolute Gasteiger partial charge is 0.222 e. The van der Waals surface area contributed by atoms with Crippen molar-refractivity contribution in [1.29, 1.82) is 0 Å². The summed E-state index contributed by atoms with van der Waals surface area (Å²) in [6.45, 7) is 3.63. The van der Waals surface area contributed by atoms with Gasteiger partial charge in [-0.2, -0.15) is 0 Å². The third kappa shape index (κ3) is 17.5. The number of rotatable bonds is 22. The molecule has 1 amide bonds. The Hall–Kier alpha value is 0.0400. The van der Waals surface area contributed by atoms with Crippen LogP contribution in [0.4, 0.5) is 0 Å². The number of hydrogen-bond donors (Lipinski definition) is 1. The summed E-state index contributed by atoms with van der Waals surface area (Å²) in [7, 11) is -2.07. The van der Waals surface area contributed by atoms with Crippen molar-refractivity contribution in [1.82, 2.24) is 4.90 Å². The van der Waals surface area contributed by atoms with E-state index in [0.29, 0.717) is 13.0 Å². The van der Waals surface area contributed by atoms with E-state index in [4.69, 9.17) is 16.3 Å². The monoisotopic (exact) mass is 489 g/mol. The molecule has 1 N–H and O–H groups in total.